The predicted octanol–water partition coefficient (Wildman–Crippen LogP) is 5.61. The Balaban J connectivity index is 1.78. The van der Waals surface area contributed by atoms with Crippen LogP contribution in [0.4, 0.5) is 0 Å². The second-order valence-corrected chi connectivity index (χ2v) is 8.29. The third-order valence-electron chi connectivity index (χ3n) is 4.69. The Morgan fingerprint density at radius 1 is 1.16 bits per heavy atom. The van der Waals surface area contributed by atoms with Crippen LogP contribution in [0, 0.1) is 6.92 Å². The minimum atomic E-state index is -0.0120. The maximum absolute atomic E-state index is 13.2. The molecular formula is C21H18BrNOS. The van der Waals surface area contributed by atoms with Crippen molar-refractivity contribution in [3.63, 3.8) is 0 Å². The van der Waals surface area contributed by atoms with Gasteiger partial charge in [-0.2, -0.15) is 0 Å². The van der Waals surface area contributed by atoms with Crippen LogP contribution in [0.25, 0.3) is 0 Å². The normalized spacial score (nSPS) is 16.6. The van der Waals surface area contributed by atoms with E-state index in [9.17, 15) is 4.79 Å². The fraction of sp³-hybridized carbons (Fsp3) is 0.190. The Bertz CT molecular complexity index is 916. The molecule has 0 N–H and O–H groups in total. The molecule has 0 saturated carbocycles. The average molecular weight is 412 g/mol. The zero-order valence-corrected chi connectivity index (χ0v) is 16.3. The number of benzene rings is 2. The lowest BCUT2D eigenvalue weighted by molar-refractivity contribution is 0.0696. The standard InChI is InChI=1S/C21H18BrNOS/c1-14-5-7-15(8-6-14)20-18-10-12-25-19(18)9-11-23(20)21(24)16-3-2-4-17(22)13-16/h2-8,10,12-13,20H,9,11H2,1H3/t20-/m0/s1. The van der Waals surface area contributed by atoms with E-state index in [0.29, 0.717) is 0 Å². The number of halogens is 1. The second kappa shape index (κ2) is 6.77. The van der Waals surface area contributed by atoms with Crippen LogP contribution in [0.2, 0.25) is 0 Å². The lowest BCUT2D eigenvalue weighted by Gasteiger charge is -2.36. The third-order valence-corrected chi connectivity index (χ3v) is 6.18. The van der Waals surface area contributed by atoms with Gasteiger partial charge in [0.05, 0.1) is 6.04 Å². The van der Waals surface area contributed by atoms with Gasteiger partial charge in [-0.3, -0.25) is 4.79 Å². The van der Waals surface area contributed by atoms with Crippen molar-refractivity contribution < 1.29 is 4.79 Å². The summed E-state index contributed by atoms with van der Waals surface area (Å²) in [6.45, 7) is 2.84. The van der Waals surface area contributed by atoms with Gasteiger partial charge in [-0.15, -0.1) is 11.3 Å². The Morgan fingerprint density at radius 2 is 1.96 bits per heavy atom. The molecule has 0 radical (unpaired) electrons. The van der Waals surface area contributed by atoms with Crippen LogP contribution < -0.4 is 0 Å². The lowest BCUT2D eigenvalue weighted by atomic mass is 9.92. The highest BCUT2D eigenvalue weighted by Gasteiger charge is 2.33. The molecule has 25 heavy (non-hydrogen) atoms. The van der Waals surface area contributed by atoms with E-state index in [-0.39, 0.29) is 11.9 Å². The van der Waals surface area contributed by atoms with Gasteiger partial charge in [0.15, 0.2) is 0 Å². The van der Waals surface area contributed by atoms with Gasteiger partial charge >= 0.3 is 0 Å². The molecule has 0 unspecified atom stereocenters. The van der Waals surface area contributed by atoms with Gasteiger partial charge < -0.3 is 4.90 Å². The van der Waals surface area contributed by atoms with E-state index in [1.807, 2.05) is 29.2 Å². The first-order valence-electron chi connectivity index (χ1n) is 8.33. The summed E-state index contributed by atoms with van der Waals surface area (Å²) in [6.07, 6.45) is 0.926. The van der Waals surface area contributed by atoms with Crippen molar-refractivity contribution in [2.24, 2.45) is 0 Å². The van der Waals surface area contributed by atoms with Crippen molar-refractivity contribution in [3.8, 4) is 0 Å². The number of hydrogen-bond acceptors (Lipinski definition) is 2. The molecule has 0 aliphatic carbocycles. The SMILES string of the molecule is Cc1ccc([C@H]2c3ccsc3CCN2C(=O)c2cccc(Br)c2)cc1. The summed E-state index contributed by atoms with van der Waals surface area (Å²) in [4.78, 5) is 16.7. The molecule has 4 heteroatoms. The van der Waals surface area contributed by atoms with E-state index in [4.69, 9.17) is 0 Å². The summed E-state index contributed by atoms with van der Waals surface area (Å²) in [6, 6.07) is 18.4. The molecule has 2 nitrogen and oxygen atoms in total. The molecule has 0 saturated heterocycles. The highest BCUT2D eigenvalue weighted by Crippen LogP contribution is 2.38. The lowest BCUT2D eigenvalue weighted by Crippen LogP contribution is -2.40. The first kappa shape index (κ1) is 16.6. The number of thiophene rings is 1. The van der Waals surface area contributed by atoms with E-state index < -0.39 is 0 Å². The van der Waals surface area contributed by atoms with Gasteiger partial charge in [0, 0.05) is 21.5 Å². The molecule has 3 aromatic rings. The highest BCUT2D eigenvalue weighted by molar-refractivity contribution is 9.10. The molecule has 1 aromatic heterocycles. The summed E-state index contributed by atoms with van der Waals surface area (Å²) in [5.41, 5.74) is 4.40. The number of hydrogen-bond donors (Lipinski definition) is 0. The van der Waals surface area contributed by atoms with Crippen molar-refractivity contribution in [2.45, 2.75) is 19.4 Å². The number of carbonyl (C=O) groups excluding carboxylic acids is 1. The van der Waals surface area contributed by atoms with Gasteiger partial charge in [0.1, 0.15) is 0 Å². The molecule has 2 aromatic carbocycles. The van der Waals surface area contributed by atoms with E-state index in [0.717, 1.165) is 23.0 Å². The van der Waals surface area contributed by atoms with Crippen LogP contribution in [0.1, 0.15) is 38.0 Å². The highest BCUT2D eigenvalue weighted by atomic mass is 79.9. The fourth-order valence-electron chi connectivity index (χ4n) is 3.43. The molecule has 1 aliphatic heterocycles. The van der Waals surface area contributed by atoms with Crippen molar-refractivity contribution >= 4 is 33.2 Å². The minimum absolute atomic E-state index is 0.0120. The van der Waals surface area contributed by atoms with E-state index in [2.05, 4.69) is 58.6 Å². The summed E-state index contributed by atoms with van der Waals surface area (Å²) in [5, 5.41) is 2.14. The monoisotopic (exact) mass is 411 g/mol. The van der Waals surface area contributed by atoms with Gasteiger partial charge in [-0.1, -0.05) is 51.8 Å². The van der Waals surface area contributed by atoms with Crippen molar-refractivity contribution in [1.29, 1.82) is 0 Å². The smallest absolute Gasteiger partial charge is 0.254 e. The molecule has 1 amide bonds. The number of rotatable bonds is 2. The number of fused-ring (bicyclic) bond motifs is 1. The maximum atomic E-state index is 13.2. The Kier molecular flexibility index (Phi) is 4.48. The molecule has 2 heterocycles. The molecule has 0 spiro atoms. The molecule has 1 atom stereocenters. The average Bonchev–Trinajstić information content (AvgIpc) is 3.10. The third kappa shape index (κ3) is 3.16. The number of amides is 1. The summed E-state index contributed by atoms with van der Waals surface area (Å²) in [5.74, 6) is 0.0868. The predicted molar refractivity (Wildman–Crippen MR) is 106 cm³/mol. The van der Waals surface area contributed by atoms with Gasteiger partial charge in [-0.25, -0.2) is 0 Å². The van der Waals surface area contributed by atoms with Crippen LogP contribution in [0.5, 0.6) is 0 Å². The summed E-state index contributed by atoms with van der Waals surface area (Å²) < 4.78 is 0.929. The second-order valence-electron chi connectivity index (χ2n) is 6.37. The van der Waals surface area contributed by atoms with Crippen molar-refractivity contribution in [3.05, 3.63) is 91.6 Å². The first-order valence-corrected chi connectivity index (χ1v) is 10.00. The van der Waals surface area contributed by atoms with Crippen LogP contribution >= 0.6 is 27.3 Å². The Hall–Kier alpha value is -1.91. The van der Waals surface area contributed by atoms with Crippen LogP contribution in [-0.4, -0.2) is 17.4 Å². The van der Waals surface area contributed by atoms with Crippen molar-refractivity contribution in [2.75, 3.05) is 6.54 Å². The first-order chi connectivity index (χ1) is 12.1. The topological polar surface area (TPSA) is 20.3 Å². The van der Waals surface area contributed by atoms with E-state index in [1.165, 1.54) is 21.6 Å². The Morgan fingerprint density at radius 3 is 2.72 bits per heavy atom. The van der Waals surface area contributed by atoms with Gasteiger partial charge in [0.2, 0.25) is 0 Å². The molecule has 1 aliphatic rings. The van der Waals surface area contributed by atoms with Crippen LogP contribution in [0.15, 0.2) is 64.5 Å². The quantitative estimate of drug-likeness (QED) is 0.536. The number of nitrogens with zero attached hydrogens (tertiary/aromatic N) is 1. The molecule has 126 valence electrons. The van der Waals surface area contributed by atoms with Gasteiger partial charge in [-0.05, 0) is 54.1 Å². The largest absolute Gasteiger partial charge is 0.327 e. The molecule has 0 bridgehead atoms. The zero-order valence-electron chi connectivity index (χ0n) is 13.9. The minimum Gasteiger partial charge on any atom is -0.327 e. The van der Waals surface area contributed by atoms with E-state index in [1.54, 1.807) is 11.3 Å². The molecule has 4 rings (SSSR count). The maximum Gasteiger partial charge on any atom is 0.254 e. The van der Waals surface area contributed by atoms with E-state index >= 15 is 0 Å². The van der Waals surface area contributed by atoms with Crippen LogP contribution in [0.3, 0.4) is 0 Å². The van der Waals surface area contributed by atoms with Crippen molar-refractivity contribution in [1.82, 2.24) is 4.90 Å². The zero-order chi connectivity index (χ0) is 17.4. The summed E-state index contributed by atoms with van der Waals surface area (Å²) >= 11 is 5.27. The number of carbonyl (C=O) groups is 1. The number of aryl methyl sites for hydroxylation is 1. The van der Waals surface area contributed by atoms with Gasteiger partial charge in [0.25, 0.3) is 5.91 Å². The molecular weight excluding hydrogens is 394 g/mol. The molecule has 0 fully saturated rings. The van der Waals surface area contributed by atoms with Crippen LogP contribution in [-0.2, 0) is 6.42 Å². The fourth-order valence-corrected chi connectivity index (χ4v) is 4.73. The summed E-state index contributed by atoms with van der Waals surface area (Å²) in [7, 11) is 0. The Labute approximate surface area is 160 Å².